The molecule has 1 aliphatic rings. The third kappa shape index (κ3) is 5.66. The first-order valence-corrected chi connectivity index (χ1v) is 13.5. The van der Waals surface area contributed by atoms with Gasteiger partial charge in [0, 0.05) is 48.9 Å². The van der Waals surface area contributed by atoms with Gasteiger partial charge in [-0.1, -0.05) is 54.6 Å². The van der Waals surface area contributed by atoms with Crippen LogP contribution in [0.4, 0.5) is 10.5 Å². The second kappa shape index (κ2) is 11.9. The highest BCUT2D eigenvalue weighted by Gasteiger charge is 2.30. The average molecular weight is 558 g/mol. The maximum absolute atomic E-state index is 13.5. The number of aromatic nitrogens is 3. The van der Waals surface area contributed by atoms with Crippen molar-refractivity contribution >= 4 is 17.7 Å². The highest BCUT2D eigenvalue weighted by Crippen LogP contribution is 2.44. The van der Waals surface area contributed by atoms with Gasteiger partial charge in [-0.15, -0.1) is 0 Å². The minimum absolute atomic E-state index is 0.0554. The fourth-order valence-corrected chi connectivity index (χ4v) is 5.25. The molecule has 1 unspecified atom stereocenters. The third-order valence-electron chi connectivity index (χ3n) is 7.29. The topological polar surface area (TPSA) is 126 Å². The molecule has 0 spiro atoms. The van der Waals surface area contributed by atoms with Crippen LogP contribution >= 0.6 is 0 Å². The van der Waals surface area contributed by atoms with Crippen molar-refractivity contribution in [2.24, 2.45) is 0 Å². The van der Waals surface area contributed by atoms with E-state index < -0.39 is 23.6 Å². The van der Waals surface area contributed by atoms with E-state index >= 15 is 0 Å². The minimum atomic E-state index is -1.03. The van der Waals surface area contributed by atoms with Gasteiger partial charge in [0.15, 0.2) is 0 Å². The van der Waals surface area contributed by atoms with Crippen molar-refractivity contribution in [1.82, 2.24) is 20.3 Å². The van der Waals surface area contributed by atoms with E-state index in [9.17, 15) is 14.4 Å². The number of H-pyrrole nitrogens is 1. The average Bonchev–Trinajstić information content (AvgIpc) is 3.35. The van der Waals surface area contributed by atoms with Crippen molar-refractivity contribution in [1.29, 1.82) is 0 Å². The van der Waals surface area contributed by atoms with E-state index in [2.05, 4.69) is 37.7 Å². The van der Waals surface area contributed by atoms with Crippen LogP contribution in [-0.2, 0) is 16.0 Å². The summed E-state index contributed by atoms with van der Waals surface area (Å²) in [5.74, 6) is -0.687. The van der Waals surface area contributed by atoms with Gasteiger partial charge in [-0.3, -0.25) is 19.6 Å². The highest BCUT2D eigenvalue weighted by atomic mass is 16.5. The molecule has 0 fully saturated rings. The molecule has 0 saturated carbocycles. The zero-order chi connectivity index (χ0) is 28.9. The summed E-state index contributed by atoms with van der Waals surface area (Å²) in [6, 6.07) is 23.8. The molecular weight excluding hydrogens is 530 g/mol. The second-order valence-electron chi connectivity index (χ2n) is 9.94. The first-order valence-electron chi connectivity index (χ1n) is 13.5. The molecule has 0 bridgehead atoms. The lowest BCUT2D eigenvalue weighted by atomic mass is 9.98. The second-order valence-corrected chi connectivity index (χ2v) is 9.94. The molecule has 6 rings (SSSR count). The fraction of sp³-hybridized carbons (Fsp3) is 0.121. The van der Waals surface area contributed by atoms with Gasteiger partial charge < -0.3 is 20.4 Å². The number of alkyl carbamates (subject to hydrolysis) is 1. The predicted octanol–water partition coefficient (Wildman–Crippen LogP) is 4.92. The highest BCUT2D eigenvalue weighted by molar-refractivity contribution is 5.97. The lowest BCUT2D eigenvalue weighted by Gasteiger charge is -2.20. The quantitative estimate of drug-likeness (QED) is 0.249. The van der Waals surface area contributed by atoms with Crippen molar-refractivity contribution in [3.05, 3.63) is 137 Å². The van der Waals surface area contributed by atoms with Gasteiger partial charge in [0.2, 0.25) is 5.91 Å². The van der Waals surface area contributed by atoms with Crippen LogP contribution in [0.5, 0.6) is 0 Å². The van der Waals surface area contributed by atoms with E-state index in [1.54, 1.807) is 55.2 Å². The number of fused-ring (bicyclic) bond motifs is 3. The molecule has 1 atom stereocenters. The summed E-state index contributed by atoms with van der Waals surface area (Å²) < 4.78 is 5.69. The lowest BCUT2D eigenvalue weighted by molar-refractivity contribution is -0.118. The number of anilines is 1. The van der Waals surface area contributed by atoms with Crippen LogP contribution in [0.3, 0.4) is 0 Å². The number of nitrogens with zero attached hydrogens (tertiary/aromatic N) is 2. The minimum Gasteiger partial charge on any atom is -0.449 e. The first-order chi connectivity index (χ1) is 20.6. The fourth-order valence-electron chi connectivity index (χ4n) is 5.25. The van der Waals surface area contributed by atoms with Gasteiger partial charge in [0.05, 0.1) is 0 Å². The van der Waals surface area contributed by atoms with Gasteiger partial charge in [0.1, 0.15) is 18.3 Å². The molecule has 0 radical (unpaired) electrons. The molecule has 9 nitrogen and oxygen atoms in total. The number of benzene rings is 2. The van der Waals surface area contributed by atoms with E-state index in [0.717, 1.165) is 33.4 Å². The largest absolute Gasteiger partial charge is 0.449 e. The number of pyridine rings is 3. The Kier molecular flexibility index (Phi) is 7.54. The third-order valence-corrected chi connectivity index (χ3v) is 7.29. The van der Waals surface area contributed by atoms with Gasteiger partial charge >= 0.3 is 6.09 Å². The van der Waals surface area contributed by atoms with Crippen molar-refractivity contribution in [3.8, 4) is 22.3 Å². The van der Waals surface area contributed by atoms with Gasteiger partial charge in [-0.25, -0.2) is 4.79 Å². The molecule has 2 aromatic carbocycles. The first kappa shape index (κ1) is 26.6. The zero-order valence-electron chi connectivity index (χ0n) is 22.5. The number of aromatic amines is 1. The van der Waals surface area contributed by atoms with Crippen LogP contribution in [0.25, 0.3) is 22.3 Å². The van der Waals surface area contributed by atoms with Crippen LogP contribution in [0.15, 0.2) is 115 Å². The maximum Gasteiger partial charge on any atom is 0.407 e. The standard InChI is InChI=1S/C33H27N5O4/c39-31-30(17-23(19-36-31)22-11-14-34-15-12-22)37-32(40)29(16-21-6-5-13-35-18-21)38-33(41)42-20-28-26-9-3-1-7-24(26)25-8-2-4-10-27(25)28/h1-15,17-19,28-29H,16,20H2,(H,36,39)(H,37,40)(H,38,41). The van der Waals surface area contributed by atoms with E-state index in [1.807, 2.05) is 42.5 Å². The molecule has 5 aromatic rings. The number of nitrogens with one attached hydrogen (secondary N) is 3. The van der Waals surface area contributed by atoms with Crippen LogP contribution in [0.1, 0.15) is 22.6 Å². The predicted molar refractivity (Wildman–Crippen MR) is 159 cm³/mol. The van der Waals surface area contributed by atoms with E-state index in [-0.39, 0.29) is 24.6 Å². The zero-order valence-corrected chi connectivity index (χ0v) is 22.5. The Morgan fingerprint density at radius 2 is 1.57 bits per heavy atom. The SMILES string of the molecule is O=C(NC(Cc1cccnc1)C(=O)Nc1cc(-c2ccncc2)c[nH]c1=O)OCC1c2ccccc2-c2ccccc21. The maximum atomic E-state index is 13.5. The summed E-state index contributed by atoms with van der Waals surface area (Å²) in [6.07, 6.45) is 7.50. The van der Waals surface area contributed by atoms with Gasteiger partial charge in [0.25, 0.3) is 5.56 Å². The number of amides is 2. The Morgan fingerprint density at radius 1 is 0.857 bits per heavy atom. The number of hydrogen-bond acceptors (Lipinski definition) is 6. The summed E-state index contributed by atoms with van der Waals surface area (Å²) in [5, 5.41) is 5.38. The summed E-state index contributed by atoms with van der Waals surface area (Å²) in [7, 11) is 0. The number of hydrogen-bond donors (Lipinski definition) is 3. The molecule has 208 valence electrons. The van der Waals surface area contributed by atoms with Crippen LogP contribution in [0.2, 0.25) is 0 Å². The monoisotopic (exact) mass is 557 g/mol. The molecular formula is C33H27N5O4. The molecule has 1 aliphatic carbocycles. The molecule has 0 aliphatic heterocycles. The molecule has 3 heterocycles. The smallest absolute Gasteiger partial charge is 0.407 e. The van der Waals surface area contributed by atoms with Crippen LogP contribution in [-0.4, -0.2) is 39.6 Å². The van der Waals surface area contributed by atoms with Crippen molar-refractivity contribution < 1.29 is 14.3 Å². The Hall–Kier alpha value is -5.57. The molecule has 9 heteroatoms. The lowest BCUT2D eigenvalue weighted by Crippen LogP contribution is -2.46. The van der Waals surface area contributed by atoms with Crippen molar-refractivity contribution in [3.63, 3.8) is 0 Å². The Morgan fingerprint density at radius 3 is 2.26 bits per heavy atom. The van der Waals surface area contributed by atoms with Crippen molar-refractivity contribution in [2.75, 3.05) is 11.9 Å². The van der Waals surface area contributed by atoms with Gasteiger partial charge in [-0.05, 0) is 57.6 Å². The molecule has 42 heavy (non-hydrogen) atoms. The Labute approximate surface area is 241 Å². The van der Waals surface area contributed by atoms with E-state index in [4.69, 9.17) is 4.74 Å². The van der Waals surface area contributed by atoms with Gasteiger partial charge in [-0.2, -0.15) is 0 Å². The Balaban J connectivity index is 1.19. The molecule has 3 aromatic heterocycles. The summed E-state index contributed by atoms with van der Waals surface area (Å²) in [4.78, 5) is 49.9. The van der Waals surface area contributed by atoms with Crippen LogP contribution in [0, 0.1) is 0 Å². The number of ether oxygens (including phenoxy) is 1. The number of rotatable bonds is 8. The molecule has 3 N–H and O–H groups in total. The van der Waals surface area contributed by atoms with Crippen LogP contribution < -0.4 is 16.2 Å². The summed E-state index contributed by atoms with van der Waals surface area (Å²) >= 11 is 0. The van der Waals surface area contributed by atoms with Crippen molar-refractivity contribution in [2.45, 2.75) is 18.4 Å². The van der Waals surface area contributed by atoms with E-state index in [0.29, 0.717) is 5.56 Å². The molecule has 2 amide bonds. The van der Waals surface area contributed by atoms with E-state index in [1.165, 1.54) is 0 Å². The normalized spacial score (nSPS) is 12.6. The summed E-state index contributed by atoms with van der Waals surface area (Å²) in [6.45, 7) is 0.106. The summed E-state index contributed by atoms with van der Waals surface area (Å²) in [5.41, 5.74) is 6.25. The molecule has 0 saturated heterocycles. The number of carbonyl (C=O) groups excluding carboxylic acids is 2. The Bertz CT molecular complexity index is 1740. The number of carbonyl (C=O) groups is 2.